The van der Waals surface area contributed by atoms with E-state index in [1.807, 2.05) is 13.0 Å². The Hall–Kier alpha value is -0.870. The van der Waals surface area contributed by atoms with E-state index in [4.69, 9.17) is 4.52 Å². The predicted octanol–water partition coefficient (Wildman–Crippen LogP) is 1.85. The van der Waals surface area contributed by atoms with Crippen molar-refractivity contribution in [3.05, 3.63) is 17.5 Å². The Morgan fingerprint density at radius 1 is 1.31 bits per heavy atom. The molecule has 1 aromatic rings. The fourth-order valence-corrected chi connectivity index (χ4v) is 1.39. The molecule has 0 aliphatic heterocycles. The predicted molar refractivity (Wildman–Crippen MR) is 65.3 cm³/mol. The number of hydrogen-bond acceptors (Lipinski definition) is 4. The van der Waals surface area contributed by atoms with Crippen LogP contribution in [0.4, 0.5) is 0 Å². The van der Waals surface area contributed by atoms with E-state index in [0.717, 1.165) is 37.5 Å². The third kappa shape index (κ3) is 5.88. The highest BCUT2D eigenvalue weighted by Crippen LogP contribution is 2.00. The Labute approximate surface area is 97.8 Å². The van der Waals surface area contributed by atoms with Crippen molar-refractivity contribution in [3.8, 4) is 0 Å². The van der Waals surface area contributed by atoms with Gasteiger partial charge in [0.15, 0.2) is 0 Å². The summed E-state index contributed by atoms with van der Waals surface area (Å²) in [5.74, 6) is 0.867. The maximum absolute atomic E-state index is 4.99. The van der Waals surface area contributed by atoms with Gasteiger partial charge in [-0.15, -0.1) is 0 Å². The average molecular weight is 225 g/mol. The minimum absolute atomic E-state index is 0.212. The minimum atomic E-state index is 0.212. The van der Waals surface area contributed by atoms with Crippen LogP contribution in [0.2, 0.25) is 0 Å². The van der Waals surface area contributed by atoms with Gasteiger partial charge in [-0.2, -0.15) is 0 Å². The van der Waals surface area contributed by atoms with Crippen molar-refractivity contribution in [2.24, 2.45) is 0 Å². The van der Waals surface area contributed by atoms with Crippen molar-refractivity contribution in [1.29, 1.82) is 0 Å². The fraction of sp³-hybridized carbons (Fsp3) is 0.750. The molecule has 0 spiro atoms. The topological polar surface area (TPSA) is 50.1 Å². The van der Waals surface area contributed by atoms with E-state index >= 15 is 0 Å². The molecule has 2 N–H and O–H groups in total. The van der Waals surface area contributed by atoms with E-state index in [0.29, 0.717) is 0 Å². The molecule has 0 bridgehead atoms. The molecule has 0 unspecified atom stereocenters. The van der Waals surface area contributed by atoms with Crippen LogP contribution in [0.25, 0.3) is 0 Å². The van der Waals surface area contributed by atoms with Crippen molar-refractivity contribution >= 4 is 0 Å². The van der Waals surface area contributed by atoms with Crippen molar-refractivity contribution in [2.75, 3.05) is 13.1 Å². The average Bonchev–Trinajstić information content (AvgIpc) is 2.56. The Morgan fingerprint density at radius 3 is 2.62 bits per heavy atom. The molecule has 0 aliphatic rings. The smallest absolute Gasteiger partial charge is 0.133 e. The first-order chi connectivity index (χ1) is 7.47. The Kier molecular flexibility index (Phi) is 4.96. The molecule has 0 saturated carbocycles. The highest BCUT2D eigenvalue weighted by Gasteiger charge is 2.06. The summed E-state index contributed by atoms with van der Waals surface area (Å²) in [6.45, 7) is 11.3. The van der Waals surface area contributed by atoms with Crippen LogP contribution in [-0.2, 0) is 6.54 Å². The van der Waals surface area contributed by atoms with Crippen LogP contribution in [0.15, 0.2) is 10.6 Å². The SMILES string of the molecule is Cc1cc(CNCCCNC(C)(C)C)no1. The molecule has 0 radical (unpaired) electrons. The molecule has 4 nitrogen and oxygen atoms in total. The van der Waals surface area contributed by atoms with Gasteiger partial charge in [-0.05, 0) is 47.2 Å². The van der Waals surface area contributed by atoms with Gasteiger partial charge < -0.3 is 15.2 Å². The van der Waals surface area contributed by atoms with E-state index in [-0.39, 0.29) is 5.54 Å². The summed E-state index contributed by atoms with van der Waals surface area (Å²) in [7, 11) is 0. The monoisotopic (exact) mass is 225 g/mol. The molecular weight excluding hydrogens is 202 g/mol. The number of aryl methyl sites for hydroxylation is 1. The van der Waals surface area contributed by atoms with Crippen molar-refractivity contribution in [2.45, 2.75) is 46.2 Å². The van der Waals surface area contributed by atoms with Crippen LogP contribution in [-0.4, -0.2) is 23.8 Å². The van der Waals surface area contributed by atoms with Gasteiger partial charge >= 0.3 is 0 Å². The molecule has 1 rings (SSSR count). The van der Waals surface area contributed by atoms with Gasteiger partial charge in [0.2, 0.25) is 0 Å². The van der Waals surface area contributed by atoms with Crippen molar-refractivity contribution in [3.63, 3.8) is 0 Å². The number of rotatable bonds is 6. The molecule has 1 aromatic heterocycles. The van der Waals surface area contributed by atoms with Gasteiger partial charge in [-0.25, -0.2) is 0 Å². The molecular formula is C12H23N3O. The Balaban J connectivity index is 2.00. The lowest BCUT2D eigenvalue weighted by molar-refractivity contribution is 0.387. The van der Waals surface area contributed by atoms with Crippen LogP contribution in [0.1, 0.15) is 38.6 Å². The summed E-state index contributed by atoms with van der Waals surface area (Å²) in [6.07, 6.45) is 1.12. The van der Waals surface area contributed by atoms with E-state index < -0.39 is 0 Å². The summed E-state index contributed by atoms with van der Waals surface area (Å²) in [5, 5.41) is 10.7. The summed E-state index contributed by atoms with van der Waals surface area (Å²) in [5.41, 5.74) is 1.18. The maximum atomic E-state index is 4.99. The van der Waals surface area contributed by atoms with Gasteiger partial charge in [0, 0.05) is 18.2 Å². The molecule has 0 aromatic carbocycles. The second-order valence-corrected chi connectivity index (χ2v) is 5.14. The normalized spacial score (nSPS) is 12.0. The number of aromatic nitrogens is 1. The minimum Gasteiger partial charge on any atom is -0.361 e. The lowest BCUT2D eigenvalue weighted by Gasteiger charge is -2.20. The molecule has 0 saturated heterocycles. The standard InChI is InChI=1S/C12H23N3O/c1-10-8-11(15-16-10)9-13-6-5-7-14-12(2,3)4/h8,13-14H,5-7,9H2,1-4H3. The number of nitrogens with zero attached hydrogens (tertiary/aromatic N) is 1. The van der Waals surface area contributed by atoms with Crippen LogP contribution < -0.4 is 10.6 Å². The third-order valence-corrected chi connectivity index (χ3v) is 2.17. The van der Waals surface area contributed by atoms with Gasteiger partial charge in [-0.3, -0.25) is 0 Å². The zero-order valence-corrected chi connectivity index (χ0v) is 10.8. The first-order valence-electron chi connectivity index (χ1n) is 5.85. The third-order valence-electron chi connectivity index (χ3n) is 2.17. The van der Waals surface area contributed by atoms with Gasteiger partial charge in [0.25, 0.3) is 0 Å². The summed E-state index contributed by atoms with van der Waals surface area (Å²) in [4.78, 5) is 0. The largest absolute Gasteiger partial charge is 0.361 e. The first kappa shape index (κ1) is 13.2. The molecule has 16 heavy (non-hydrogen) atoms. The van der Waals surface area contributed by atoms with Crippen LogP contribution in [0.5, 0.6) is 0 Å². The molecule has 0 fully saturated rings. The Bertz CT molecular complexity index is 301. The molecule has 1 heterocycles. The summed E-state index contributed by atoms with van der Waals surface area (Å²) < 4.78 is 4.99. The molecule has 0 atom stereocenters. The zero-order chi connectivity index (χ0) is 12.0. The lowest BCUT2D eigenvalue weighted by Crippen LogP contribution is -2.37. The molecule has 92 valence electrons. The van der Waals surface area contributed by atoms with Crippen LogP contribution >= 0.6 is 0 Å². The highest BCUT2D eigenvalue weighted by atomic mass is 16.5. The maximum Gasteiger partial charge on any atom is 0.133 e. The number of nitrogens with one attached hydrogen (secondary N) is 2. The second kappa shape index (κ2) is 6.01. The molecule has 0 amide bonds. The van der Waals surface area contributed by atoms with E-state index in [1.54, 1.807) is 0 Å². The van der Waals surface area contributed by atoms with E-state index in [1.165, 1.54) is 0 Å². The fourth-order valence-electron chi connectivity index (χ4n) is 1.39. The van der Waals surface area contributed by atoms with Crippen molar-refractivity contribution < 1.29 is 4.52 Å². The summed E-state index contributed by atoms with van der Waals surface area (Å²) in [6, 6.07) is 1.96. The van der Waals surface area contributed by atoms with Crippen LogP contribution in [0, 0.1) is 6.92 Å². The van der Waals surface area contributed by atoms with Crippen molar-refractivity contribution in [1.82, 2.24) is 15.8 Å². The lowest BCUT2D eigenvalue weighted by atomic mass is 10.1. The van der Waals surface area contributed by atoms with Gasteiger partial charge in [-0.1, -0.05) is 5.16 Å². The van der Waals surface area contributed by atoms with Crippen LogP contribution in [0.3, 0.4) is 0 Å². The number of hydrogen-bond donors (Lipinski definition) is 2. The molecule has 0 aliphatic carbocycles. The second-order valence-electron chi connectivity index (χ2n) is 5.14. The van der Waals surface area contributed by atoms with E-state index in [2.05, 4.69) is 36.6 Å². The first-order valence-corrected chi connectivity index (χ1v) is 5.85. The quantitative estimate of drug-likeness (QED) is 0.725. The molecule has 4 heteroatoms. The zero-order valence-electron chi connectivity index (χ0n) is 10.8. The van der Waals surface area contributed by atoms with Gasteiger partial charge in [0.05, 0.1) is 5.69 Å². The van der Waals surface area contributed by atoms with E-state index in [9.17, 15) is 0 Å². The van der Waals surface area contributed by atoms with Gasteiger partial charge in [0.1, 0.15) is 5.76 Å². The summed E-state index contributed by atoms with van der Waals surface area (Å²) >= 11 is 0. The highest BCUT2D eigenvalue weighted by molar-refractivity contribution is 5.02. The Morgan fingerprint density at radius 2 is 2.06 bits per heavy atom.